The zero-order chi connectivity index (χ0) is 15.9. The molecule has 0 aliphatic carbocycles. The first-order chi connectivity index (χ1) is 10.6. The summed E-state index contributed by atoms with van der Waals surface area (Å²) in [5.74, 6) is 0.0195. The number of nitro benzene ring substituents is 1. The smallest absolute Gasteiger partial charge is 0.310 e. The maximum absolute atomic E-state index is 11.8. The van der Waals surface area contributed by atoms with Crippen LogP contribution in [0.5, 0.6) is 5.75 Å². The van der Waals surface area contributed by atoms with E-state index in [1.807, 2.05) is 24.4 Å². The Bertz CT molecular complexity index is 643. The normalized spacial score (nSPS) is 11.7. The fraction of sp³-hybridized carbons (Fsp3) is 0.267. The predicted molar refractivity (Wildman–Crippen MR) is 84.1 cm³/mol. The second-order valence-corrected chi connectivity index (χ2v) is 5.61. The molecule has 1 atom stereocenters. The number of thiophene rings is 1. The molecule has 0 spiro atoms. The summed E-state index contributed by atoms with van der Waals surface area (Å²) in [5.41, 5.74) is -0.102. The minimum atomic E-state index is -0.506. The van der Waals surface area contributed by atoms with Crippen LogP contribution in [0.2, 0.25) is 0 Å². The number of carbonyl (C=O) groups excluding carboxylic acids is 1. The van der Waals surface area contributed by atoms with E-state index in [4.69, 9.17) is 4.74 Å². The number of rotatable bonds is 7. The topological polar surface area (TPSA) is 81.5 Å². The molecule has 0 aliphatic heterocycles. The summed E-state index contributed by atoms with van der Waals surface area (Å²) in [5, 5.41) is 15.7. The van der Waals surface area contributed by atoms with Gasteiger partial charge in [-0.2, -0.15) is 0 Å². The molecule has 2 rings (SSSR count). The van der Waals surface area contributed by atoms with Gasteiger partial charge in [0.1, 0.15) is 0 Å². The minimum absolute atomic E-state index is 0.0569. The van der Waals surface area contributed by atoms with Crippen molar-refractivity contribution >= 4 is 22.9 Å². The third kappa shape index (κ3) is 4.29. The van der Waals surface area contributed by atoms with E-state index in [1.54, 1.807) is 23.5 Å². The van der Waals surface area contributed by atoms with Gasteiger partial charge in [0.15, 0.2) is 5.75 Å². The molecule has 6 nitrogen and oxygen atoms in total. The van der Waals surface area contributed by atoms with E-state index in [-0.39, 0.29) is 36.4 Å². The second kappa shape index (κ2) is 7.56. The van der Waals surface area contributed by atoms with Crippen LogP contribution in [0.3, 0.4) is 0 Å². The van der Waals surface area contributed by atoms with E-state index < -0.39 is 4.92 Å². The standard InChI is InChI=1S/C15H16N2O4S/c1-11(14-7-4-10-22-14)16-15(18)8-9-21-13-6-3-2-5-12(13)17(19)20/h2-7,10-11H,8-9H2,1H3,(H,16,18)/t11-/m0/s1. The SMILES string of the molecule is C[C@H](NC(=O)CCOc1ccccc1[N+](=O)[O-])c1cccs1. The summed E-state index contributed by atoms with van der Waals surface area (Å²) in [6, 6.07) is 9.94. The lowest BCUT2D eigenvalue weighted by Crippen LogP contribution is -2.27. The predicted octanol–water partition coefficient (Wildman–Crippen LogP) is 3.30. The zero-order valence-electron chi connectivity index (χ0n) is 12.0. The van der Waals surface area contributed by atoms with Gasteiger partial charge in [0, 0.05) is 10.9 Å². The number of para-hydroxylation sites is 2. The van der Waals surface area contributed by atoms with Gasteiger partial charge in [-0.15, -0.1) is 11.3 Å². The molecule has 1 amide bonds. The molecule has 0 aliphatic rings. The number of nitrogens with zero attached hydrogens (tertiary/aromatic N) is 1. The summed E-state index contributed by atoms with van der Waals surface area (Å²) >= 11 is 1.58. The van der Waals surface area contributed by atoms with Gasteiger partial charge in [-0.25, -0.2) is 0 Å². The molecule has 116 valence electrons. The van der Waals surface area contributed by atoms with E-state index in [0.29, 0.717) is 0 Å². The van der Waals surface area contributed by atoms with E-state index in [0.717, 1.165) is 4.88 Å². The first-order valence-electron chi connectivity index (χ1n) is 6.77. The molecule has 22 heavy (non-hydrogen) atoms. The monoisotopic (exact) mass is 320 g/mol. The van der Waals surface area contributed by atoms with Crippen molar-refractivity contribution in [2.24, 2.45) is 0 Å². The third-order valence-electron chi connectivity index (χ3n) is 3.00. The zero-order valence-corrected chi connectivity index (χ0v) is 12.8. The second-order valence-electron chi connectivity index (χ2n) is 4.63. The van der Waals surface area contributed by atoms with Crippen molar-refractivity contribution in [3.05, 3.63) is 56.8 Å². The van der Waals surface area contributed by atoms with Crippen molar-refractivity contribution in [2.75, 3.05) is 6.61 Å². The quantitative estimate of drug-likeness (QED) is 0.627. The van der Waals surface area contributed by atoms with Crippen molar-refractivity contribution < 1.29 is 14.5 Å². The third-order valence-corrected chi connectivity index (χ3v) is 4.05. The minimum Gasteiger partial charge on any atom is -0.486 e. The van der Waals surface area contributed by atoms with Gasteiger partial charge in [0.05, 0.1) is 24.0 Å². The number of amides is 1. The molecule has 0 fully saturated rings. The maximum Gasteiger partial charge on any atom is 0.310 e. The van der Waals surface area contributed by atoms with E-state index >= 15 is 0 Å². The van der Waals surface area contributed by atoms with Gasteiger partial charge >= 0.3 is 5.69 Å². The Balaban J connectivity index is 1.81. The maximum atomic E-state index is 11.8. The number of ether oxygens (including phenoxy) is 1. The number of nitrogens with one attached hydrogen (secondary N) is 1. The molecule has 1 aromatic carbocycles. The van der Waals surface area contributed by atoms with Gasteiger partial charge in [0.2, 0.25) is 5.91 Å². The molecule has 1 aromatic heterocycles. The summed E-state index contributed by atoms with van der Waals surface area (Å²) < 4.78 is 5.34. The number of carbonyl (C=O) groups is 1. The van der Waals surface area contributed by atoms with Crippen molar-refractivity contribution in [2.45, 2.75) is 19.4 Å². The van der Waals surface area contributed by atoms with Crippen LogP contribution in [0.4, 0.5) is 5.69 Å². The Morgan fingerprint density at radius 1 is 1.36 bits per heavy atom. The first kappa shape index (κ1) is 16.0. The van der Waals surface area contributed by atoms with Crippen LogP contribution in [-0.4, -0.2) is 17.4 Å². The molecule has 1 N–H and O–H groups in total. The average molecular weight is 320 g/mol. The molecule has 0 bridgehead atoms. The molecular weight excluding hydrogens is 304 g/mol. The Morgan fingerprint density at radius 3 is 2.82 bits per heavy atom. The summed E-state index contributed by atoms with van der Waals surface area (Å²) in [7, 11) is 0. The Hall–Kier alpha value is -2.41. The molecular formula is C15H16N2O4S. The van der Waals surface area contributed by atoms with Crippen molar-refractivity contribution in [1.82, 2.24) is 5.32 Å². The van der Waals surface area contributed by atoms with Crippen LogP contribution in [0.15, 0.2) is 41.8 Å². The lowest BCUT2D eigenvalue weighted by Gasteiger charge is -2.12. The van der Waals surface area contributed by atoms with Gasteiger partial charge < -0.3 is 10.1 Å². The van der Waals surface area contributed by atoms with Crippen LogP contribution in [0.25, 0.3) is 0 Å². The fourth-order valence-corrected chi connectivity index (χ4v) is 2.64. The van der Waals surface area contributed by atoms with Crippen LogP contribution in [0, 0.1) is 10.1 Å². The van der Waals surface area contributed by atoms with Crippen molar-refractivity contribution in [3.8, 4) is 5.75 Å². The largest absolute Gasteiger partial charge is 0.486 e. The number of benzene rings is 1. The lowest BCUT2D eigenvalue weighted by molar-refractivity contribution is -0.385. The van der Waals surface area contributed by atoms with E-state index in [9.17, 15) is 14.9 Å². The number of hydrogen-bond donors (Lipinski definition) is 1. The van der Waals surface area contributed by atoms with Gasteiger partial charge in [-0.05, 0) is 24.4 Å². The van der Waals surface area contributed by atoms with Crippen molar-refractivity contribution in [1.29, 1.82) is 0 Å². The highest BCUT2D eigenvalue weighted by Gasteiger charge is 2.15. The molecule has 0 radical (unpaired) electrons. The number of nitro groups is 1. The average Bonchev–Trinajstić information content (AvgIpc) is 3.02. The van der Waals surface area contributed by atoms with Crippen LogP contribution in [0.1, 0.15) is 24.3 Å². The van der Waals surface area contributed by atoms with Crippen molar-refractivity contribution in [3.63, 3.8) is 0 Å². The Morgan fingerprint density at radius 2 is 2.14 bits per heavy atom. The molecule has 0 saturated heterocycles. The summed E-state index contributed by atoms with van der Waals surface area (Å²) in [6.07, 6.45) is 0.141. The molecule has 2 aromatic rings. The lowest BCUT2D eigenvalue weighted by atomic mass is 10.2. The molecule has 0 saturated carbocycles. The highest BCUT2D eigenvalue weighted by Crippen LogP contribution is 2.25. The van der Waals surface area contributed by atoms with Crippen LogP contribution >= 0.6 is 11.3 Å². The van der Waals surface area contributed by atoms with Crippen LogP contribution < -0.4 is 10.1 Å². The van der Waals surface area contributed by atoms with Gasteiger partial charge in [-0.1, -0.05) is 18.2 Å². The molecule has 7 heteroatoms. The number of hydrogen-bond acceptors (Lipinski definition) is 5. The van der Waals surface area contributed by atoms with Crippen LogP contribution in [-0.2, 0) is 4.79 Å². The van der Waals surface area contributed by atoms with E-state index in [2.05, 4.69) is 5.32 Å². The molecule has 0 unspecified atom stereocenters. The molecule has 1 heterocycles. The highest BCUT2D eigenvalue weighted by atomic mass is 32.1. The fourth-order valence-electron chi connectivity index (χ4n) is 1.91. The Kier molecular flexibility index (Phi) is 5.48. The van der Waals surface area contributed by atoms with Gasteiger partial charge in [0.25, 0.3) is 0 Å². The summed E-state index contributed by atoms with van der Waals surface area (Å²) in [6.45, 7) is 2.00. The van der Waals surface area contributed by atoms with E-state index in [1.165, 1.54) is 12.1 Å². The Labute approximate surface area is 131 Å². The van der Waals surface area contributed by atoms with Gasteiger partial charge in [-0.3, -0.25) is 14.9 Å². The summed E-state index contributed by atoms with van der Waals surface area (Å²) in [4.78, 5) is 23.3. The first-order valence-corrected chi connectivity index (χ1v) is 7.65. The highest BCUT2D eigenvalue weighted by molar-refractivity contribution is 7.10.